The van der Waals surface area contributed by atoms with Gasteiger partial charge in [-0.25, -0.2) is 8.42 Å². The highest BCUT2D eigenvalue weighted by Crippen LogP contribution is 2.28. The highest BCUT2D eigenvalue weighted by Gasteiger charge is 2.08. The zero-order valence-electron chi connectivity index (χ0n) is 9.52. The Hall–Kier alpha value is -0.780. The van der Waals surface area contributed by atoms with Crippen LogP contribution in [0.15, 0.2) is 18.2 Å². The summed E-state index contributed by atoms with van der Waals surface area (Å²) in [7, 11) is -2.97. The lowest BCUT2D eigenvalue weighted by Gasteiger charge is -2.11. The van der Waals surface area contributed by atoms with E-state index < -0.39 is 9.84 Å². The van der Waals surface area contributed by atoms with Crippen LogP contribution >= 0.6 is 11.6 Å². The normalized spacial score (nSPS) is 11.5. The fourth-order valence-corrected chi connectivity index (χ4v) is 2.23. The maximum atomic E-state index is 10.9. The molecule has 96 valence electrons. The zero-order valence-corrected chi connectivity index (χ0v) is 11.1. The monoisotopic (exact) mass is 278 g/mol. The van der Waals surface area contributed by atoms with Crippen LogP contribution in [0.4, 0.5) is 0 Å². The van der Waals surface area contributed by atoms with Gasteiger partial charge in [0.2, 0.25) is 0 Å². The molecule has 1 aromatic carbocycles. The van der Waals surface area contributed by atoms with E-state index in [0.29, 0.717) is 22.8 Å². The molecule has 0 heterocycles. The second-order valence-electron chi connectivity index (χ2n) is 3.72. The number of sulfone groups is 1. The molecule has 0 radical (unpaired) electrons. The van der Waals surface area contributed by atoms with Crippen molar-refractivity contribution < 1.29 is 18.3 Å². The summed E-state index contributed by atoms with van der Waals surface area (Å²) in [6.45, 7) is 0.0891. The lowest BCUT2D eigenvalue weighted by Crippen LogP contribution is -2.09. The van der Waals surface area contributed by atoms with E-state index in [-0.39, 0.29) is 19.0 Å². The van der Waals surface area contributed by atoms with Crippen molar-refractivity contribution in [1.82, 2.24) is 0 Å². The van der Waals surface area contributed by atoms with Gasteiger partial charge in [0, 0.05) is 11.8 Å². The number of rotatable bonds is 6. The zero-order chi connectivity index (χ0) is 12.9. The predicted octanol–water partition coefficient (Wildman–Crippen LogP) is 1.65. The average molecular weight is 279 g/mol. The van der Waals surface area contributed by atoms with Crippen molar-refractivity contribution in [2.75, 3.05) is 18.6 Å². The molecule has 0 aliphatic rings. The summed E-state index contributed by atoms with van der Waals surface area (Å²) in [6, 6.07) is 5.08. The Kier molecular flexibility index (Phi) is 5.24. The van der Waals surface area contributed by atoms with Crippen molar-refractivity contribution in [2.45, 2.75) is 13.0 Å². The Bertz CT molecular complexity index is 470. The Labute approximate surface area is 106 Å². The van der Waals surface area contributed by atoms with Gasteiger partial charge in [0.15, 0.2) is 0 Å². The van der Waals surface area contributed by atoms with Crippen LogP contribution in [-0.4, -0.2) is 32.1 Å². The van der Waals surface area contributed by atoms with Crippen LogP contribution in [0.25, 0.3) is 0 Å². The van der Waals surface area contributed by atoms with E-state index >= 15 is 0 Å². The molecule has 4 nitrogen and oxygen atoms in total. The van der Waals surface area contributed by atoms with Gasteiger partial charge in [-0.2, -0.15) is 0 Å². The molecule has 17 heavy (non-hydrogen) atoms. The number of hydrogen-bond donors (Lipinski definition) is 1. The van der Waals surface area contributed by atoms with Gasteiger partial charge in [-0.15, -0.1) is 0 Å². The number of para-hydroxylation sites is 1. The Balaban J connectivity index is 2.57. The lowest BCUT2D eigenvalue weighted by atomic mass is 10.2. The average Bonchev–Trinajstić information content (AvgIpc) is 2.24. The summed E-state index contributed by atoms with van der Waals surface area (Å²) in [5.41, 5.74) is 0.594. The molecule has 1 rings (SSSR count). The molecule has 0 saturated carbocycles. The third-order valence-corrected chi connectivity index (χ3v) is 3.45. The number of benzene rings is 1. The number of aliphatic hydroxyl groups excluding tert-OH is 1. The van der Waals surface area contributed by atoms with Crippen LogP contribution in [0.2, 0.25) is 5.02 Å². The number of hydrogen-bond acceptors (Lipinski definition) is 4. The van der Waals surface area contributed by atoms with Crippen molar-refractivity contribution in [3.05, 3.63) is 28.8 Å². The molecule has 0 aliphatic carbocycles. The van der Waals surface area contributed by atoms with E-state index in [0.717, 1.165) is 0 Å². The first kappa shape index (κ1) is 14.3. The summed E-state index contributed by atoms with van der Waals surface area (Å²) < 4.78 is 27.2. The Morgan fingerprint density at radius 2 is 2.12 bits per heavy atom. The minimum Gasteiger partial charge on any atom is -0.492 e. The molecule has 0 aromatic heterocycles. The highest BCUT2D eigenvalue weighted by atomic mass is 35.5. The van der Waals surface area contributed by atoms with Crippen molar-refractivity contribution in [3.8, 4) is 5.75 Å². The minimum atomic E-state index is -2.97. The molecule has 1 N–H and O–H groups in total. The molecule has 0 atom stereocenters. The molecule has 0 aliphatic heterocycles. The van der Waals surface area contributed by atoms with E-state index in [9.17, 15) is 8.42 Å². The van der Waals surface area contributed by atoms with E-state index in [4.69, 9.17) is 21.4 Å². The lowest BCUT2D eigenvalue weighted by molar-refractivity contribution is 0.263. The second kappa shape index (κ2) is 6.23. The summed E-state index contributed by atoms with van der Waals surface area (Å²) in [5, 5.41) is 9.51. The van der Waals surface area contributed by atoms with Gasteiger partial charge in [0.1, 0.15) is 15.6 Å². The first-order chi connectivity index (χ1) is 7.94. The standard InChI is InChI=1S/C11H15ClO4S/c1-17(14,15)7-3-6-16-11-9(8-13)4-2-5-10(11)12/h2,4-5,13H,3,6-8H2,1H3. The second-order valence-corrected chi connectivity index (χ2v) is 6.39. The van der Waals surface area contributed by atoms with E-state index in [1.807, 2.05) is 0 Å². The maximum Gasteiger partial charge on any atom is 0.147 e. The number of ether oxygens (including phenoxy) is 1. The van der Waals surface area contributed by atoms with Crippen molar-refractivity contribution in [3.63, 3.8) is 0 Å². The molecule has 6 heteroatoms. The number of halogens is 1. The Morgan fingerprint density at radius 3 is 2.71 bits per heavy atom. The molecule has 0 saturated heterocycles. The molecule has 1 aromatic rings. The van der Waals surface area contributed by atoms with Gasteiger partial charge in [-0.1, -0.05) is 23.7 Å². The van der Waals surface area contributed by atoms with E-state index in [1.54, 1.807) is 18.2 Å². The fraction of sp³-hybridized carbons (Fsp3) is 0.455. The molecule has 0 fully saturated rings. The summed E-state index contributed by atoms with van der Waals surface area (Å²) in [6.07, 6.45) is 1.58. The largest absolute Gasteiger partial charge is 0.492 e. The van der Waals surface area contributed by atoms with Gasteiger partial charge >= 0.3 is 0 Å². The first-order valence-electron chi connectivity index (χ1n) is 5.13. The SMILES string of the molecule is CS(=O)(=O)CCCOc1c(Cl)cccc1CO. The van der Waals surface area contributed by atoms with Crippen LogP contribution in [0.5, 0.6) is 5.75 Å². The topological polar surface area (TPSA) is 63.6 Å². The molecule has 0 amide bonds. The van der Waals surface area contributed by atoms with Crippen LogP contribution in [0, 0.1) is 0 Å². The summed E-state index contributed by atoms with van der Waals surface area (Å²) >= 11 is 5.92. The summed E-state index contributed by atoms with van der Waals surface area (Å²) in [4.78, 5) is 0. The molecule has 0 bridgehead atoms. The van der Waals surface area contributed by atoms with Crippen molar-refractivity contribution in [2.24, 2.45) is 0 Å². The van der Waals surface area contributed by atoms with Gasteiger partial charge in [0.25, 0.3) is 0 Å². The van der Waals surface area contributed by atoms with Crippen LogP contribution < -0.4 is 4.74 Å². The van der Waals surface area contributed by atoms with Gasteiger partial charge < -0.3 is 9.84 Å². The highest BCUT2D eigenvalue weighted by molar-refractivity contribution is 7.90. The molecular formula is C11H15ClO4S. The molecule has 0 spiro atoms. The quantitative estimate of drug-likeness (QED) is 0.804. The Morgan fingerprint density at radius 1 is 1.41 bits per heavy atom. The number of aliphatic hydroxyl groups is 1. The fourth-order valence-electron chi connectivity index (χ4n) is 1.34. The summed E-state index contributed by atoms with van der Waals surface area (Å²) in [5.74, 6) is 0.497. The van der Waals surface area contributed by atoms with Crippen LogP contribution in [-0.2, 0) is 16.4 Å². The third-order valence-electron chi connectivity index (χ3n) is 2.12. The van der Waals surface area contributed by atoms with Crippen LogP contribution in [0.3, 0.4) is 0 Å². The maximum absolute atomic E-state index is 10.9. The van der Waals surface area contributed by atoms with E-state index in [1.165, 1.54) is 6.26 Å². The minimum absolute atomic E-state index is 0.0753. The third kappa shape index (κ3) is 4.93. The van der Waals surface area contributed by atoms with E-state index in [2.05, 4.69) is 0 Å². The smallest absolute Gasteiger partial charge is 0.147 e. The molecule has 0 unspecified atom stereocenters. The first-order valence-corrected chi connectivity index (χ1v) is 7.56. The molecular weight excluding hydrogens is 264 g/mol. The van der Waals surface area contributed by atoms with Gasteiger partial charge in [-0.3, -0.25) is 0 Å². The van der Waals surface area contributed by atoms with Gasteiger partial charge in [-0.05, 0) is 12.5 Å². The van der Waals surface area contributed by atoms with Crippen molar-refractivity contribution >= 4 is 21.4 Å². The van der Waals surface area contributed by atoms with Crippen LogP contribution in [0.1, 0.15) is 12.0 Å². The van der Waals surface area contributed by atoms with Gasteiger partial charge in [0.05, 0.1) is 24.0 Å². The predicted molar refractivity (Wildman–Crippen MR) is 67.2 cm³/mol. The van der Waals surface area contributed by atoms with Crippen molar-refractivity contribution in [1.29, 1.82) is 0 Å².